The Balaban J connectivity index is 1.32. The van der Waals surface area contributed by atoms with Crippen LogP contribution < -0.4 is 15.0 Å². The van der Waals surface area contributed by atoms with Crippen LogP contribution in [-0.2, 0) is 9.59 Å². The minimum atomic E-state index is -0.311. The molecule has 0 aromatic heterocycles. The molecule has 0 unspecified atom stereocenters. The number of benzene rings is 3. The summed E-state index contributed by atoms with van der Waals surface area (Å²) in [6.45, 7) is 0.529. The number of carbonyl (C=O) groups excluding carboxylic acids is 3. The molecule has 1 saturated heterocycles. The number of carbonyl (C=O) groups is 3. The average Bonchev–Trinajstić information content (AvgIpc) is 3.24. The highest BCUT2D eigenvalue weighted by Crippen LogP contribution is 2.24. The first-order valence-corrected chi connectivity index (χ1v) is 10.1. The third-order valence-corrected chi connectivity index (χ3v) is 5.04. The fourth-order valence-corrected chi connectivity index (χ4v) is 3.48. The van der Waals surface area contributed by atoms with E-state index >= 15 is 0 Å². The van der Waals surface area contributed by atoms with Gasteiger partial charge in [0, 0.05) is 35.5 Å². The first kappa shape index (κ1) is 20.3. The monoisotopic (exact) mass is 414 g/mol. The number of nitrogens with one attached hydrogen (secondary N) is 1. The second-order valence-electron chi connectivity index (χ2n) is 7.26. The lowest BCUT2D eigenvalue weighted by atomic mass is 10.0. The van der Waals surface area contributed by atoms with Crippen molar-refractivity contribution in [3.8, 4) is 5.75 Å². The van der Waals surface area contributed by atoms with Crippen molar-refractivity contribution in [1.29, 1.82) is 0 Å². The fraction of sp³-hybridized carbons (Fsp3) is 0.160. The zero-order valence-electron chi connectivity index (χ0n) is 16.9. The van der Waals surface area contributed by atoms with Crippen LogP contribution in [0.1, 0.15) is 28.8 Å². The van der Waals surface area contributed by atoms with E-state index in [4.69, 9.17) is 4.74 Å². The van der Waals surface area contributed by atoms with Crippen LogP contribution in [0, 0.1) is 0 Å². The molecule has 4 rings (SSSR count). The van der Waals surface area contributed by atoms with Gasteiger partial charge in [-0.15, -0.1) is 0 Å². The van der Waals surface area contributed by atoms with E-state index in [1.165, 1.54) is 0 Å². The predicted molar refractivity (Wildman–Crippen MR) is 118 cm³/mol. The Morgan fingerprint density at radius 1 is 0.903 bits per heavy atom. The molecule has 1 aliphatic rings. The molecular formula is C25H22N2O4. The van der Waals surface area contributed by atoms with E-state index in [-0.39, 0.29) is 24.2 Å². The van der Waals surface area contributed by atoms with Crippen LogP contribution in [0.4, 0.5) is 11.4 Å². The zero-order valence-corrected chi connectivity index (χ0v) is 16.9. The Bertz CT molecular complexity index is 1090. The number of ketones is 1. The molecule has 6 heteroatoms. The Hall–Kier alpha value is -3.93. The molecule has 0 spiro atoms. The molecule has 3 aromatic rings. The molecule has 0 atom stereocenters. The van der Waals surface area contributed by atoms with E-state index in [1.54, 1.807) is 59.5 Å². The second-order valence-corrected chi connectivity index (χ2v) is 7.26. The summed E-state index contributed by atoms with van der Waals surface area (Å²) in [7, 11) is 0. The SMILES string of the molecule is O=C(COc1ccc(C(=O)c2ccccc2)cc1)Nc1cccc(N2CCCC2=O)c1. The van der Waals surface area contributed by atoms with Crippen LogP contribution in [0.5, 0.6) is 5.75 Å². The van der Waals surface area contributed by atoms with Crippen LogP contribution in [0.25, 0.3) is 0 Å². The summed E-state index contributed by atoms with van der Waals surface area (Å²) in [4.78, 5) is 38.4. The topological polar surface area (TPSA) is 75.7 Å². The van der Waals surface area contributed by atoms with Crippen LogP contribution >= 0.6 is 0 Å². The predicted octanol–water partition coefficient (Wildman–Crippen LogP) is 4.06. The molecule has 0 radical (unpaired) electrons. The smallest absolute Gasteiger partial charge is 0.262 e. The molecule has 2 amide bonds. The summed E-state index contributed by atoms with van der Waals surface area (Å²) >= 11 is 0. The maximum Gasteiger partial charge on any atom is 0.262 e. The van der Waals surface area contributed by atoms with Crippen LogP contribution in [0.3, 0.4) is 0 Å². The largest absolute Gasteiger partial charge is 0.484 e. The van der Waals surface area contributed by atoms with Gasteiger partial charge >= 0.3 is 0 Å². The third-order valence-electron chi connectivity index (χ3n) is 5.04. The quantitative estimate of drug-likeness (QED) is 0.592. The van der Waals surface area contributed by atoms with Crippen molar-refractivity contribution < 1.29 is 19.1 Å². The van der Waals surface area contributed by atoms with Crippen molar-refractivity contribution in [1.82, 2.24) is 0 Å². The molecule has 0 bridgehead atoms. The van der Waals surface area contributed by atoms with Gasteiger partial charge in [0.25, 0.3) is 5.91 Å². The third kappa shape index (κ3) is 4.98. The minimum Gasteiger partial charge on any atom is -0.484 e. The van der Waals surface area contributed by atoms with E-state index in [1.807, 2.05) is 24.3 Å². The summed E-state index contributed by atoms with van der Waals surface area (Å²) in [6.07, 6.45) is 1.40. The molecule has 31 heavy (non-hydrogen) atoms. The molecule has 3 aromatic carbocycles. The highest BCUT2D eigenvalue weighted by Gasteiger charge is 2.21. The number of hydrogen-bond acceptors (Lipinski definition) is 4. The van der Waals surface area contributed by atoms with Crippen molar-refractivity contribution in [2.24, 2.45) is 0 Å². The molecule has 1 aliphatic heterocycles. The van der Waals surface area contributed by atoms with Crippen molar-refractivity contribution in [2.45, 2.75) is 12.8 Å². The zero-order chi connectivity index (χ0) is 21.6. The molecule has 1 N–H and O–H groups in total. The molecule has 1 heterocycles. The van der Waals surface area contributed by atoms with Crippen LogP contribution in [0.15, 0.2) is 78.9 Å². The minimum absolute atomic E-state index is 0.0683. The van der Waals surface area contributed by atoms with Gasteiger partial charge in [0.1, 0.15) is 5.75 Å². The highest BCUT2D eigenvalue weighted by atomic mass is 16.5. The Morgan fingerprint density at radius 3 is 2.35 bits per heavy atom. The molecule has 0 saturated carbocycles. The lowest BCUT2D eigenvalue weighted by Crippen LogP contribution is -2.24. The van der Waals surface area contributed by atoms with Crippen LogP contribution in [-0.4, -0.2) is 30.7 Å². The van der Waals surface area contributed by atoms with Gasteiger partial charge < -0.3 is 15.0 Å². The van der Waals surface area contributed by atoms with Gasteiger partial charge in [0.05, 0.1) is 0 Å². The number of amides is 2. The summed E-state index contributed by atoms with van der Waals surface area (Å²) in [5.74, 6) is 0.216. The lowest BCUT2D eigenvalue weighted by molar-refractivity contribution is -0.118. The van der Waals surface area contributed by atoms with Crippen molar-refractivity contribution in [2.75, 3.05) is 23.4 Å². The Morgan fingerprint density at radius 2 is 1.65 bits per heavy atom. The van der Waals surface area contributed by atoms with Gasteiger partial charge in [-0.3, -0.25) is 14.4 Å². The fourth-order valence-electron chi connectivity index (χ4n) is 3.48. The van der Waals surface area contributed by atoms with Gasteiger partial charge in [-0.25, -0.2) is 0 Å². The van der Waals surface area contributed by atoms with E-state index in [2.05, 4.69) is 5.32 Å². The van der Waals surface area contributed by atoms with Gasteiger partial charge in [-0.2, -0.15) is 0 Å². The molecule has 6 nitrogen and oxygen atoms in total. The van der Waals surface area contributed by atoms with Crippen molar-refractivity contribution in [3.63, 3.8) is 0 Å². The van der Waals surface area contributed by atoms with Gasteiger partial charge in [0.15, 0.2) is 12.4 Å². The molecular weight excluding hydrogens is 392 g/mol. The Labute approximate surface area is 180 Å². The highest BCUT2D eigenvalue weighted by molar-refractivity contribution is 6.09. The molecule has 1 fully saturated rings. The van der Waals surface area contributed by atoms with E-state index in [0.717, 1.165) is 12.1 Å². The first-order valence-electron chi connectivity index (χ1n) is 10.1. The normalized spacial score (nSPS) is 13.2. The average molecular weight is 414 g/mol. The molecule has 0 aliphatic carbocycles. The van der Waals surface area contributed by atoms with Crippen molar-refractivity contribution in [3.05, 3.63) is 90.0 Å². The van der Waals surface area contributed by atoms with E-state index in [0.29, 0.717) is 35.5 Å². The molecule has 156 valence electrons. The number of rotatable bonds is 7. The van der Waals surface area contributed by atoms with Gasteiger partial charge in [-0.05, 0) is 48.9 Å². The van der Waals surface area contributed by atoms with Crippen molar-refractivity contribution >= 4 is 29.0 Å². The van der Waals surface area contributed by atoms with E-state index < -0.39 is 0 Å². The van der Waals surface area contributed by atoms with E-state index in [9.17, 15) is 14.4 Å². The summed E-state index contributed by atoms with van der Waals surface area (Å²) < 4.78 is 5.54. The number of nitrogens with zero attached hydrogens (tertiary/aromatic N) is 1. The first-order chi connectivity index (χ1) is 15.1. The second kappa shape index (κ2) is 9.26. The standard InChI is InChI=1S/C25H22N2O4/c28-23(26-20-8-4-9-21(16-20)27-15-5-10-24(27)29)17-31-22-13-11-19(12-14-22)25(30)18-6-2-1-3-7-18/h1-4,6-9,11-14,16H,5,10,15,17H2,(H,26,28). The van der Waals surface area contributed by atoms with Gasteiger partial charge in [-0.1, -0.05) is 36.4 Å². The maximum absolute atomic E-state index is 12.4. The summed E-state index contributed by atoms with van der Waals surface area (Å²) in [6, 6.07) is 23.0. The van der Waals surface area contributed by atoms with Gasteiger partial charge in [0.2, 0.25) is 5.91 Å². The Kier molecular flexibility index (Phi) is 6.08. The summed E-state index contributed by atoms with van der Waals surface area (Å²) in [5, 5.41) is 2.79. The lowest BCUT2D eigenvalue weighted by Gasteiger charge is -2.16. The maximum atomic E-state index is 12.4. The number of hydrogen-bond donors (Lipinski definition) is 1. The number of anilines is 2. The number of ether oxygens (including phenoxy) is 1. The van der Waals surface area contributed by atoms with Crippen LogP contribution in [0.2, 0.25) is 0 Å². The summed E-state index contributed by atoms with van der Waals surface area (Å²) in [5.41, 5.74) is 2.55.